The van der Waals surface area contributed by atoms with Crippen molar-refractivity contribution in [2.24, 2.45) is 0 Å². The van der Waals surface area contributed by atoms with E-state index in [9.17, 15) is 0 Å². The van der Waals surface area contributed by atoms with Gasteiger partial charge in [0.2, 0.25) is 0 Å². The minimum absolute atomic E-state index is 0.851. The maximum absolute atomic E-state index is 5.87. The fraction of sp³-hybridized carbons (Fsp3) is 0.727. The van der Waals surface area contributed by atoms with E-state index < -0.39 is 0 Å². The lowest BCUT2D eigenvalue weighted by atomic mass is 10.1. The van der Waals surface area contributed by atoms with Gasteiger partial charge in [0.25, 0.3) is 0 Å². The van der Waals surface area contributed by atoms with Crippen LogP contribution in [0.25, 0.3) is 0 Å². The van der Waals surface area contributed by atoms with Gasteiger partial charge in [-0.05, 0) is 43.5 Å². The Kier molecular flexibility index (Phi) is 10.7. The second-order valence-electron chi connectivity index (χ2n) is 7.17. The zero-order valence-corrected chi connectivity index (χ0v) is 16.2. The van der Waals surface area contributed by atoms with E-state index in [1.807, 2.05) is 0 Å². The maximum atomic E-state index is 5.87. The topological polar surface area (TPSA) is 21.7 Å². The molecule has 3 nitrogen and oxygen atoms in total. The van der Waals surface area contributed by atoms with E-state index in [4.69, 9.17) is 9.47 Å². The molecule has 0 aromatic heterocycles. The van der Waals surface area contributed by atoms with Crippen molar-refractivity contribution >= 4 is 0 Å². The minimum atomic E-state index is 0.851. The van der Waals surface area contributed by atoms with Gasteiger partial charge in [0.1, 0.15) is 5.75 Å². The maximum Gasteiger partial charge on any atom is 0.119 e. The second-order valence-corrected chi connectivity index (χ2v) is 7.17. The van der Waals surface area contributed by atoms with Crippen molar-refractivity contribution in [3.05, 3.63) is 29.8 Å². The fourth-order valence-corrected chi connectivity index (χ4v) is 3.33. The van der Waals surface area contributed by atoms with Crippen molar-refractivity contribution in [2.45, 2.75) is 64.7 Å². The van der Waals surface area contributed by atoms with Crippen molar-refractivity contribution in [1.29, 1.82) is 0 Å². The lowest BCUT2D eigenvalue weighted by Crippen LogP contribution is -2.36. The van der Waals surface area contributed by atoms with E-state index in [2.05, 4.69) is 36.1 Å². The van der Waals surface area contributed by atoms with Crippen LogP contribution in [0.1, 0.15) is 63.9 Å². The Hall–Kier alpha value is -1.06. The van der Waals surface area contributed by atoms with Gasteiger partial charge in [-0.1, -0.05) is 57.6 Å². The molecule has 25 heavy (non-hydrogen) atoms. The van der Waals surface area contributed by atoms with Gasteiger partial charge in [-0.2, -0.15) is 0 Å². The highest BCUT2D eigenvalue weighted by molar-refractivity contribution is 5.27. The number of nitrogens with zero attached hydrogens (tertiary/aromatic N) is 1. The summed E-state index contributed by atoms with van der Waals surface area (Å²) in [5.41, 5.74) is 1.41. The van der Waals surface area contributed by atoms with Gasteiger partial charge in [0.15, 0.2) is 0 Å². The summed E-state index contributed by atoms with van der Waals surface area (Å²) in [6, 6.07) is 8.70. The largest absolute Gasteiger partial charge is 0.494 e. The molecule has 0 spiro atoms. The Bertz CT molecular complexity index is 426. The number of rotatable bonds is 13. The van der Waals surface area contributed by atoms with Crippen LogP contribution in [-0.4, -0.2) is 44.4 Å². The number of unbranched alkanes of at least 4 members (excludes halogenated alkanes) is 6. The number of ether oxygens (including phenoxy) is 2. The quantitative estimate of drug-likeness (QED) is 0.464. The minimum Gasteiger partial charge on any atom is -0.494 e. The highest BCUT2D eigenvalue weighted by atomic mass is 16.5. The second kappa shape index (κ2) is 13.2. The Morgan fingerprint density at radius 2 is 1.56 bits per heavy atom. The van der Waals surface area contributed by atoms with E-state index >= 15 is 0 Å². The molecule has 1 aromatic carbocycles. The van der Waals surface area contributed by atoms with Gasteiger partial charge >= 0.3 is 0 Å². The molecule has 1 saturated heterocycles. The van der Waals surface area contributed by atoms with Crippen LogP contribution in [0.5, 0.6) is 5.75 Å². The summed E-state index contributed by atoms with van der Waals surface area (Å²) >= 11 is 0. The normalized spacial score (nSPS) is 15.4. The van der Waals surface area contributed by atoms with Crippen LogP contribution in [0.3, 0.4) is 0 Å². The third kappa shape index (κ3) is 9.27. The van der Waals surface area contributed by atoms with Crippen LogP contribution >= 0.6 is 0 Å². The van der Waals surface area contributed by atoms with Gasteiger partial charge in [-0.25, -0.2) is 0 Å². The van der Waals surface area contributed by atoms with Gasteiger partial charge in [0.05, 0.1) is 19.8 Å². The van der Waals surface area contributed by atoms with Crippen LogP contribution in [0.2, 0.25) is 0 Å². The van der Waals surface area contributed by atoms with Crippen LogP contribution in [-0.2, 0) is 11.2 Å². The van der Waals surface area contributed by atoms with E-state index in [1.165, 1.54) is 63.5 Å². The molecule has 0 aliphatic carbocycles. The highest BCUT2D eigenvalue weighted by Crippen LogP contribution is 2.15. The third-order valence-electron chi connectivity index (χ3n) is 4.98. The molecule has 1 aliphatic heterocycles. The third-order valence-corrected chi connectivity index (χ3v) is 4.98. The average molecular weight is 348 g/mol. The molecule has 1 aliphatic rings. The molecule has 0 N–H and O–H groups in total. The van der Waals surface area contributed by atoms with Crippen molar-refractivity contribution in [2.75, 3.05) is 39.5 Å². The highest BCUT2D eigenvalue weighted by Gasteiger charge is 2.09. The molecule has 0 bridgehead atoms. The molecule has 0 saturated carbocycles. The zero-order chi connectivity index (χ0) is 17.6. The van der Waals surface area contributed by atoms with Crippen molar-refractivity contribution in [3.8, 4) is 5.75 Å². The summed E-state index contributed by atoms with van der Waals surface area (Å²) in [5.74, 6) is 1.02. The van der Waals surface area contributed by atoms with Crippen molar-refractivity contribution in [1.82, 2.24) is 4.90 Å². The van der Waals surface area contributed by atoms with Crippen molar-refractivity contribution < 1.29 is 9.47 Å². The van der Waals surface area contributed by atoms with Gasteiger partial charge in [-0.15, -0.1) is 0 Å². The first-order chi connectivity index (χ1) is 12.4. The van der Waals surface area contributed by atoms with E-state index in [0.29, 0.717) is 0 Å². The number of benzene rings is 1. The van der Waals surface area contributed by atoms with Gasteiger partial charge in [-0.3, -0.25) is 4.90 Å². The summed E-state index contributed by atoms with van der Waals surface area (Å²) in [5, 5.41) is 0. The summed E-state index contributed by atoms with van der Waals surface area (Å²) < 4.78 is 11.3. The molecular weight excluding hydrogens is 310 g/mol. The summed E-state index contributed by atoms with van der Waals surface area (Å²) in [7, 11) is 0. The predicted molar refractivity (Wildman–Crippen MR) is 106 cm³/mol. The SMILES string of the molecule is CCCCCCCCCOc1ccc(CCCN2CCOCC2)cc1. The molecule has 0 radical (unpaired) electrons. The van der Waals surface area contributed by atoms with E-state index in [-0.39, 0.29) is 0 Å². The standard InChI is InChI=1S/C22H37NO2/c1-2-3-4-5-6-7-8-18-25-22-13-11-21(12-14-22)10-9-15-23-16-19-24-20-17-23/h11-14H,2-10,15-20H2,1H3. The Morgan fingerprint density at radius 1 is 0.880 bits per heavy atom. The number of morpholine rings is 1. The summed E-state index contributed by atoms with van der Waals surface area (Å²) in [4.78, 5) is 2.50. The number of hydrogen-bond acceptors (Lipinski definition) is 3. The van der Waals surface area contributed by atoms with E-state index in [0.717, 1.165) is 45.1 Å². The van der Waals surface area contributed by atoms with Crippen molar-refractivity contribution in [3.63, 3.8) is 0 Å². The average Bonchev–Trinajstić information content (AvgIpc) is 2.66. The smallest absolute Gasteiger partial charge is 0.119 e. The molecule has 0 unspecified atom stereocenters. The summed E-state index contributed by atoms with van der Waals surface area (Å²) in [6.45, 7) is 8.26. The lowest BCUT2D eigenvalue weighted by Gasteiger charge is -2.26. The van der Waals surface area contributed by atoms with Gasteiger partial charge in [0, 0.05) is 13.1 Å². The monoisotopic (exact) mass is 347 g/mol. The summed E-state index contributed by atoms with van der Waals surface area (Å²) in [6.07, 6.45) is 11.7. The molecular formula is C22H37NO2. The van der Waals surface area contributed by atoms with Crippen LogP contribution in [0.15, 0.2) is 24.3 Å². The number of aryl methyl sites for hydroxylation is 1. The fourth-order valence-electron chi connectivity index (χ4n) is 3.33. The van der Waals surface area contributed by atoms with E-state index in [1.54, 1.807) is 0 Å². The Morgan fingerprint density at radius 3 is 2.28 bits per heavy atom. The zero-order valence-electron chi connectivity index (χ0n) is 16.2. The molecule has 142 valence electrons. The van der Waals surface area contributed by atoms with Crippen LogP contribution in [0.4, 0.5) is 0 Å². The number of hydrogen-bond donors (Lipinski definition) is 0. The van der Waals surface area contributed by atoms with Crippen LogP contribution < -0.4 is 4.74 Å². The molecule has 0 amide bonds. The van der Waals surface area contributed by atoms with Gasteiger partial charge < -0.3 is 9.47 Å². The first-order valence-electron chi connectivity index (χ1n) is 10.4. The molecule has 1 aromatic rings. The first-order valence-corrected chi connectivity index (χ1v) is 10.4. The molecule has 3 heteroatoms. The van der Waals surface area contributed by atoms with Crippen LogP contribution in [0, 0.1) is 0 Å². The first kappa shape index (κ1) is 20.3. The molecule has 1 heterocycles. The molecule has 2 rings (SSSR count). The molecule has 0 atom stereocenters. The lowest BCUT2D eigenvalue weighted by molar-refractivity contribution is 0.0374. The Labute approximate surface area is 154 Å². The predicted octanol–water partition coefficient (Wildman–Crippen LogP) is 5.08. The Balaban J connectivity index is 1.50. The molecule has 1 fully saturated rings.